The summed E-state index contributed by atoms with van der Waals surface area (Å²) in [7, 11) is 1.78. The van der Waals surface area contributed by atoms with Crippen LogP contribution in [0.25, 0.3) is 0 Å². The molecule has 0 aromatic heterocycles. The van der Waals surface area contributed by atoms with Crippen LogP contribution in [-0.2, 0) is 0 Å². The van der Waals surface area contributed by atoms with Crippen LogP contribution in [0, 0.1) is 5.92 Å². The second kappa shape index (κ2) is 4.19. The van der Waals surface area contributed by atoms with Crippen molar-refractivity contribution >= 4 is 18.8 Å². The molecule has 1 nitrogen and oxygen atoms in total. The molecule has 0 N–H and O–H groups in total. The molecule has 0 amide bonds. The standard InChI is InChI=1S/C5H11NS/c1-5(4-7)3-6-2/h3,5,7H,4H2,1-2H3/b6-3-. The van der Waals surface area contributed by atoms with Crippen LogP contribution in [0.1, 0.15) is 6.92 Å². The lowest BCUT2D eigenvalue weighted by Crippen LogP contribution is -1.95. The molecule has 0 heterocycles. The lowest BCUT2D eigenvalue weighted by molar-refractivity contribution is 0.924. The molecule has 0 aromatic rings. The molecule has 0 fully saturated rings. The maximum Gasteiger partial charge on any atom is 0.0273 e. The molecule has 0 saturated heterocycles. The fourth-order valence-electron chi connectivity index (χ4n) is 0.302. The van der Waals surface area contributed by atoms with Gasteiger partial charge in [0.1, 0.15) is 0 Å². The van der Waals surface area contributed by atoms with Gasteiger partial charge in [0.2, 0.25) is 0 Å². The van der Waals surface area contributed by atoms with Gasteiger partial charge in [0.15, 0.2) is 0 Å². The number of hydrogen-bond acceptors (Lipinski definition) is 2. The van der Waals surface area contributed by atoms with Crippen molar-refractivity contribution in [3.63, 3.8) is 0 Å². The van der Waals surface area contributed by atoms with Crippen LogP contribution in [0.5, 0.6) is 0 Å². The fourth-order valence-corrected chi connectivity index (χ4v) is 0.396. The molecule has 0 saturated carbocycles. The van der Waals surface area contributed by atoms with Gasteiger partial charge in [-0.3, -0.25) is 0 Å². The summed E-state index contributed by atoms with van der Waals surface area (Å²) < 4.78 is 0. The lowest BCUT2D eigenvalue weighted by Gasteiger charge is -1.93. The highest BCUT2D eigenvalue weighted by molar-refractivity contribution is 7.80. The summed E-state index contributed by atoms with van der Waals surface area (Å²) in [5.41, 5.74) is 0. The minimum absolute atomic E-state index is 0.522. The number of hydrogen-bond donors (Lipinski definition) is 1. The second-order valence-electron chi connectivity index (χ2n) is 1.57. The van der Waals surface area contributed by atoms with E-state index in [-0.39, 0.29) is 0 Å². The van der Waals surface area contributed by atoms with Gasteiger partial charge < -0.3 is 4.99 Å². The molecule has 42 valence electrons. The Morgan fingerprint density at radius 1 is 1.86 bits per heavy atom. The van der Waals surface area contributed by atoms with Gasteiger partial charge in [-0.1, -0.05) is 6.92 Å². The van der Waals surface area contributed by atoms with E-state index in [4.69, 9.17) is 0 Å². The number of rotatable bonds is 2. The van der Waals surface area contributed by atoms with E-state index in [9.17, 15) is 0 Å². The van der Waals surface area contributed by atoms with E-state index in [1.165, 1.54) is 0 Å². The van der Waals surface area contributed by atoms with Crippen LogP contribution in [0.15, 0.2) is 4.99 Å². The summed E-state index contributed by atoms with van der Waals surface area (Å²) in [4.78, 5) is 3.83. The minimum Gasteiger partial charge on any atom is -0.301 e. The third-order valence-corrected chi connectivity index (χ3v) is 1.27. The molecule has 0 rings (SSSR count). The summed E-state index contributed by atoms with van der Waals surface area (Å²) in [6.45, 7) is 2.08. The van der Waals surface area contributed by atoms with Gasteiger partial charge in [-0.25, -0.2) is 0 Å². The molecule has 1 atom stereocenters. The Morgan fingerprint density at radius 2 is 2.43 bits per heavy atom. The SMILES string of the molecule is C/N=C\C(C)CS. The van der Waals surface area contributed by atoms with Crippen molar-refractivity contribution in [2.75, 3.05) is 12.8 Å². The lowest BCUT2D eigenvalue weighted by atomic mass is 10.2. The van der Waals surface area contributed by atoms with Crippen LogP contribution in [0.3, 0.4) is 0 Å². The van der Waals surface area contributed by atoms with Gasteiger partial charge in [-0.15, -0.1) is 0 Å². The summed E-state index contributed by atoms with van der Waals surface area (Å²) in [6.07, 6.45) is 1.90. The first-order valence-electron chi connectivity index (χ1n) is 2.34. The molecule has 2 heteroatoms. The predicted octanol–water partition coefficient (Wildman–Crippen LogP) is 1.25. The van der Waals surface area contributed by atoms with Crippen molar-refractivity contribution in [1.29, 1.82) is 0 Å². The Morgan fingerprint density at radius 3 is 2.57 bits per heavy atom. The molecule has 1 unspecified atom stereocenters. The van der Waals surface area contributed by atoms with Crippen molar-refractivity contribution in [3.05, 3.63) is 0 Å². The molecule has 0 aliphatic carbocycles. The molecule has 0 radical (unpaired) electrons. The van der Waals surface area contributed by atoms with Gasteiger partial charge in [0.05, 0.1) is 0 Å². The summed E-state index contributed by atoms with van der Waals surface area (Å²) in [6, 6.07) is 0. The highest BCUT2D eigenvalue weighted by Gasteiger charge is 1.88. The number of aliphatic imine (C=N–C) groups is 1. The zero-order chi connectivity index (χ0) is 5.70. The van der Waals surface area contributed by atoms with Crippen molar-refractivity contribution in [2.45, 2.75) is 6.92 Å². The van der Waals surface area contributed by atoms with E-state index < -0.39 is 0 Å². The quantitative estimate of drug-likeness (QED) is 0.413. The van der Waals surface area contributed by atoms with E-state index in [1.54, 1.807) is 7.05 Å². The third-order valence-electron chi connectivity index (χ3n) is 0.692. The monoisotopic (exact) mass is 117 g/mol. The van der Waals surface area contributed by atoms with E-state index in [1.807, 2.05) is 6.21 Å². The Labute approximate surface area is 50.2 Å². The maximum atomic E-state index is 4.06. The Hall–Kier alpha value is 0.0200. The van der Waals surface area contributed by atoms with Crippen LogP contribution in [-0.4, -0.2) is 19.0 Å². The first-order valence-corrected chi connectivity index (χ1v) is 2.97. The van der Waals surface area contributed by atoms with E-state index >= 15 is 0 Å². The van der Waals surface area contributed by atoms with Crippen molar-refractivity contribution in [2.24, 2.45) is 10.9 Å². The Kier molecular flexibility index (Phi) is 4.20. The minimum atomic E-state index is 0.522. The van der Waals surface area contributed by atoms with E-state index in [2.05, 4.69) is 24.5 Å². The van der Waals surface area contributed by atoms with E-state index in [0.29, 0.717) is 5.92 Å². The topological polar surface area (TPSA) is 12.4 Å². The smallest absolute Gasteiger partial charge is 0.0273 e. The van der Waals surface area contributed by atoms with Crippen molar-refractivity contribution < 1.29 is 0 Å². The zero-order valence-corrected chi connectivity index (χ0v) is 5.65. The van der Waals surface area contributed by atoms with Crippen molar-refractivity contribution in [3.8, 4) is 0 Å². The number of nitrogens with zero attached hydrogens (tertiary/aromatic N) is 1. The van der Waals surface area contributed by atoms with Crippen LogP contribution < -0.4 is 0 Å². The van der Waals surface area contributed by atoms with Gasteiger partial charge >= 0.3 is 0 Å². The molecule has 0 spiro atoms. The average molecular weight is 117 g/mol. The molecular formula is C5H11NS. The van der Waals surface area contributed by atoms with Gasteiger partial charge in [0.25, 0.3) is 0 Å². The van der Waals surface area contributed by atoms with E-state index in [0.717, 1.165) is 5.75 Å². The molecular weight excluding hydrogens is 106 g/mol. The Bertz CT molecular complexity index is 61.1. The second-order valence-corrected chi connectivity index (χ2v) is 1.93. The third kappa shape index (κ3) is 3.86. The van der Waals surface area contributed by atoms with Gasteiger partial charge in [-0.2, -0.15) is 12.6 Å². The highest BCUT2D eigenvalue weighted by Crippen LogP contribution is 1.90. The number of thiol groups is 1. The molecule has 0 aromatic carbocycles. The summed E-state index contributed by atoms with van der Waals surface area (Å²) in [5.74, 6) is 1.41. The summed E-state index contributed by atoms with van der Waals surface area (Å²) in [5, 5.41) is 0. The van der Waals surface area contributed by atoms with Gasteiger partial charge in [-0.05, 0) is 11.7 Å². The Balaban J connectivity index is 3.16. The zero-order valence-electron chi connectivity index (χ0n) is 4.76. The fraction of sp³-hybridized carbons (Fsp3) is 0.800. The van der Waals surface area contributed by atoms with Gasteiger partial charge in [0, 0.05) is 13.3 Å². The van der Waals surface area contributed by atoms with Crippen molar-refractivity contribution in [1.82, 2.24) is 0 Å². The predicted molar refractivity (Wildman–Crippen MR) is 37.4 cm³/mol. The maximum absolute atomic E-state index is 4.06. The average Bonchev–Trinajstić information content (AvgIpc) is 1.68. The van der Waals surface area contributed by atoms with Crippen LogP contribution in [0.2, 0.25) is 0 Å². The molecule has 7 heavy (non-hydrogen) atoms. The first kappa shape index (κ1) is 7.02. The first-order chi connectivity index (χ1) is 3.31. The largest absolute Gasteiger partial charge is 0.301 e. The highest BCUT2D eigenvalue weighted by atomic mass is 32.1. The molecule has 0 aliphatic rings. The molecule has 0 aliphatic heterocycles. The van der Waals surface area contributed by atoms with Crippen LogP contribution in [0.4, 0.5) is 0 Å². The molecule has 0 bridgehead atoms. The van der Waals surface area contributed by atoms with Crippen LogP contribution >= 0.6 is 12.6 Å². The normalized spacial score (nSPS) is 15.3. The summed E-state index contributed by atoms with van der Waals surface area (Å²) >= 11 is 4.06.